The van der Waals surface area contributed by atoms with Crippen molar-refractivity contribution in [2.24, 2.45) is 5.92 Å². The van der Waals surface area contributed by atoms with Crippen LogP contribution < -0.4 is 10.2 Å². The summed E-state index contributed by atoms with van der Waals surface area (Å²) in [5, 5.41) is 3.22. The number of fused-ring (bicyclic) bond motifs is 1. The molecule has 1 N–H and O–H groups in total. The number of benzene rings is 1. The highest BCUT2D eigenvalue weighted by Crippen LogP contribution is 2.31. The van der Waals surface area contributed by atoms with E-state index in [1.54, 1.807) is 0 Å². The molecule has 1 aliphatic rings. The van der Waals surface area contributed by atoms with Crippen LogP contribution in [0.25, 0.3) is 0 Å². The molecule has 0 bridgehead atoms. The molecule has 0 aromatic heterocycles. The Hall–Kier alpha value is -1.51. The lowest BCUT2D eigenvalue weighted by Gasteiger charge is -2.34. The number of hydrogen-bond acceptors (Lipinski definition) is 2. The lowest BCUT2D eigenvalue weighted by molar-refractivity contribution is -0.119. The van der Waals surface area contributed by atoms with Gasteiger partial charge in [-0.05, 0) is 25.0 Å². The van der Waals surface area contributed by atoms with E-state index < -0.39 is 0 Å². The average Bonchev–Trinajstić information content (AvgIpc) is 2.24. The topological polar surface area (TPSA) is 32.3 Å². The van der Waals surface area contributed by atoms with Gasteiger partial charge >= 0.3 is 0 Å². The molecule has 16 heavy (non-hydrogen) atoms. The number of rotatable bonds is 2. The third-order valence-corrected chi connectivity index (χ3v) is 2.75. The summed E-state index contributed by atoms with van der Waals surface area (Å²) in [7, 11) is 0. The van der Waals surface area contributed by atoms with Gasteiger partial charge in [0.05, 0.1) is 11.4 Å². The Balaban J connectivity index is 2.38. The fraction of sp³-hybridized carbons (Fsp3) is 0.462. The number of anilines is 2. The van der Waals surface area contributed by atoms with Crippen LogP contribution in [0.15, 0.2) is 24.3 Å². The Morgan fingerprint density at radius 1 is 1.38 bits per heavy atom. The van der Waals surface area contributed by atoms with Gasteiger partial charge in [-0.25, -0.2) is 0 Å². The van der Waals surface area contributed by atoms with Gasteiger partial charge in [0, 0.05) is 6.54 Å². The van der Waals surface area contributed by atoms with Crippen molar-refractivity contribution in [1.29, 1.82) is 0 Å². The summed E-state index contributed by atoms with van der Waals surface area (Å²) in [5.41, 5.74) is 2.05. The molecule has 0 saturated heterocycles. The Labute approximate surface area is 96.5 Å². The van der Waals surface area contributed by atoms with Gasteiger partial charge in [-0.3, -0.25) is 4.79 Å². The highest BCUT2D eigenvalue weighted by molar-refractivity contribution is 6.04. The first-order valence-corrected chi connectivity index (χ1v) is 5.76. The molecule has 1 atom stereocenters. The predicted molar refractivity (Wildman–Crippen MR) is 66.7 cm³/mol. The molecular weight excluding hydrogens is 200 g/mol. The number of carbonyl (C=O) groups excluding carboxylic acids is 1. The van der Waals surface area contributed by atoms with Gasteiger partial charge < -0.3 is 10.2 Å². The summed E-state index contributed by atoms with van der Waals surface area (Å²) in [6, 6.07) is 7.84. The molecule has 0 saturated carbocycles. The minimum Gasteiger partial charge on any atom is -0.372 e. The van der Waals surface area contributed by atoms with Gasteiger partial charge in [0.1, 0.15) is 6.04 Å². The number of nitrogens with zero attached hydrogens (tertiary/aromatic N) is 1. The van der Waals surface area contributed by atoms with E-state index in [1.807, 2.05) is 36.1 Å². The van der Waals surface area contributed by atoms with Crippen molar-refractivity contribution >= 4 is 17.3 Å². The van der Waals surface area contributed by atoms with E-state index >= 15 is 0 Å². The molecule has 86 valence electrons. The molecule has 1 aromatic carbocycles. The molecule has 0 aliphatic carbocycles. The van der Waals surface area contributed by atoms with Gasteiger partial charge in [-0.1, -0.05) is 26.0 Å². The standard InChI is InChI=1S/C13H18N2O/c1-9(2)8-15-12-7-5-4-6-11(12)14-10(3)13(15)16/h4-7,9-10,14H,8H2,1-3H3/t10-/m1/s1. The van der Waals surface area contributed by atoms with Crippen LogP contribution in [0.4, 0.5) is 11.4 Å². The molecule has 0 radical (unpaired) electrons. The Kier molecular flexibility index (Phi) is 2.86. The number of amides is 1. The van der Waals surface area contributed by atoms with Gasteiger partial charge in [0.15, 0.2) is 0 Å². The van der Waals surface area contributed by atoms with Crippen molar-refractivity contribution < 1.29 is 4.79 Å². The second-order valence-electron chi connectivity index (χ2n) is 4.73. The molecule has 1 aliphatic heterocycles. The van der Waals surface area contributed by atoms with E-state index in [0.717, 1.165) is 17.9 Å². The van der Waals surface area contributed by atoms with Crippen LogP contribution in [0.5, 0.6) is 0 Å². The van der Waals surface area contributed by atoms with E-state index in [1.165, 1.54) is 0 Å². The Morgan fingerprint density at radius 3 is 2.75 bits per heavy atom. The first kappa shape index (κ1) is 11.0. The average molecular weight is 218 g/mol. The second kappa shape index (κ2) is 4.16. The zero-order valence-corrected chi connectivity index (χ0v) is 10.0. The SMILES string of the molecule is CC(C)CN1C(=O)[C@@H](C)Nc2ccccc21. The molecule has 3 nitrogen and oxygen atoms in total. The zero-order chi connectivity index (χ0) is 11.7. The van der Waals surface area contributed by atoms with Gasteiger partial charge in [0.25, 0.3) is 0 Å². The first-order chi connectivity index (χ1) is 7.59. The summed E-state index contributed by atoms with van der Waals surface area (Å²) >= 11 is 0. The number of nitrogens with one attached hydrogen (secondary N) is 1. The quantitative estimate of drug-likeness (QED) is 0.827. The Morgan fingerprint density at radius 2 is 2.06 bits per heavy atom. The lowest BCUT2D eigenvalue weighted by atomic mass is 10.1. The number of para-hydroxylation sites is 2. The van der Waals surface area contributed by atoms with E-state index in [0.29, 0.717) is 5.92 Å². The lowest BCUT2D eigenvalue weighted by Crippen LogP contribution is -2.47. The molecule has 1 aromatic rings. The highest BCUT2D eigenvalue weighted by atomic mass is 16.2. The highest BCUT2D eigenvalue weighted by Gasteiger charge is 2.29. The van der Waals surface area contributed by atoms with E-state index in [4.69, 9.17) is 0 Å². The molecule has 0 fully saturated rings. The van der Waals surface area contributed by atoms with Crippen molar-refractivity contribution in [2.45, 2.75) is 26.8 Å². The molecule has 0 unspecified atom stereocenters. The second-order valence-corrected chi connectivity index (χ2v) is 4.73. The summed E-state index contributed by atoms with van der Waals surface area (Å²) in [6.07, 6.45) is 0. The molecule has 0 spiro atoms. The maximum absolute atomic E-state index is 12.1. The van der Waals surface area contributed by atoms with E-state index in [9.17, 15) is 4.79 Å². The van der Waals surface area contributed by atoms with Crippen molar-refractivity contribution in [3.05, 3.63) is 24.3 Å². The smallest absolute Gasteiger partial charge is 0.249 e. The fourth-order valence-electron chi connectivity index (χ4n) is 2.03. The van der Waals surface area contributed by atoms with Crippen LogP contribution in [-0.4, -0.2) is 18.5 Å². The largest absolute Gasteiger partial charge is 0.372 e. The summed E-state index contributed by atoms with van der Waals surface area (Å²) in [5.74, 6) is 0.634. The van der Waals surface area contributed by atoms with Crippen LogP contribution in [0.2, 0.25) is 0 Å². The molecule has 1 heterocycles. The first-order valence-electron chi connectivity index (χ1n) is 5.76. The van der Waals surface area contributed by atoms with Crippen molar-refractivity contribution in [1.82, 2.24) is 0 Å². The summed E-state index contributed by atoms with van der Waals surface area (Å²) < 4.78 is 0. The van der Waals surface area contributed by atoms with Crippen LogP contribution in [0.1, 0.15) is 20.8 Å². The van der Waals surface area contributed by atoms with Crippen LogP contribution in [0.3, 0.4) is 0 Å². The Bertz CT molecular complexity index is 401. The van der Waals surface area contributed by atoms with Crippen LogP contribution in [0, 0.1) is 5.92 Å². The molecular formula is C13H18N2O. The third-order valence-electron chi connectivity index (χ3n) is 2.75. The normalized spacial score (nSPS) is 19.6. The molecule has 2 rings (SSSR count). The predicted octanol–water partition coefficient (Wildman–Crippen LogP) is 2.49. The van der Waals surface area contributed by atoms with E-state index in [2.05, 4.69) is 19.2 Å². The van der Waals surface area contributed by atoms with Gasteiger partial charge in [0.2, 0.25) is 5.91 Å². The zero-order valence-electron chi connectivity index (χ0n) is 10.0. The van der Waals surface area contributed by atoms with Crippen LogP contribution in [-0.2, 0) is 4.79 Å². The third kappa shape index (κ3) is 1.90. The van der Waals surface area contributed by atoms with E-state index in [-0.39, 0.29) is 11.9 Å². The minimum absolute atomic E-state index is 0.131. The van der Waals surface area contributed by atoms with Gasteiger partial charge in [-0.15, -0.1) is 0 Å². The monoisotopic (exact) mass is 218 g/mol. The summed E-state index contributed by atoms with van der Waals surface area (Å²) in [4.78, 5) is 14.0. The molecule has 1 amide bonds. The maximum atomic E-state index is 12.1. The maximum Gasteiger partial charge on any atom is 0.249 e. The van der Waals surface area contributed by atoms with Crippen molar-refractivity contribution in [3.8, 4) is 0 Å². The fourth-order valence-corrected chi connectivity index (χ4v) is 2.03. The molecule has 3 heteroatoms. The number of carbonyl (C=O) groups is 1. The van der Waals surface area contributed by atoms with Crippen molar-refractivity contribution in [2.75, 3.05) is 16.8 Å². The van der Waals surface area contributed by atoms with Crippen LogP contribution >= 0.6 is 0 Å². The van der Waals surface area contributed by atoms with Crippen molar-refractivity contribution in [3.63, 3.8) is 0 Å². The van der Waals surface area contributed by atoms with Gasteiger partial charge in [-0.2, -0.15) is 0 Å². The summed E-state index contributed by atoms with van der Waals surface area (Å²) in [6.45, 7) is 6.94. The minimum atomic E-state index is -0.131. The number of hydrogen-bond donors (Lipinski definition) is 1.